The van der Waals surface area contributed by atoms with Crippen molar-refractivity contribution in [2.75, 3.05) is 24.6 Å². The van der Waals surface area contributed by atoms with Crippen molar-refractivity contribution in [3.05, 3.63) is 35.5 Å². The van der Waals surface area contributed by atoms with E-state index in [-0.39, 0.29) is 5.97 Å². The number of carbonyl (C=O) groups excluding carboxylic acids is 1. The summed E-state index contributed by atoms with van der Waals surface area (Å²) in [7, 11) is 0. The second kappa shape index (κ2) is 5.67. The fourth-order valence-electron chi connectivity index (χ4n) is 2.11. The Morgan fingerprint density at radius 2 is 2.39 bits per heavy atom. The van der Waals surface area contributed by atoms with E-state index in [2.05, 4.69) is 22.9 Å². The van der Waals surface area contributed by atoms with E-state index in [1.165, 1.54) is 5.57 Å². The lowest BCUT2D eigenvalue weighted by Gasteiger charge is -2.28. The van der Waals surface area contributed by atoms with E-state index in [0.717, 1.165) is 25.3 Å². The number of esters is 1. The van der Waals surface area contributed by atoms with Gasteiger partial charge in [-0.2, -0.15) is 0 Å². The van der Waals surface area contributed by atoms with Crippen molar-refractivity contribution < 1.29 is 9.53 Å². The Labute approximate surface area is 107 Å². The molecular weight excluding hydrogens is 228 g/mol. The normalized spacial score (nSPS) is 15.2. The van der Waals surface area contributed by atoms with Gasteiger partial charge in [0.1, 0.15) is 11.4 Å². The molecule has 0 saturated carbocycles. The van der Waals surface area contributed by atoms with Crippen molar-refractivity contribution in [3.8, 4) is 0 Å². The van der Waals surface area contributed by atoms with Crippen LogP contribution in [0.2, 0.25) is 0 Å². The van der Waals surface area contributed by atoms with Crippen molar-refractivity contribution in [3.63, 3.8) is 0 Å². The van der Waals surface area contributed by atoms with Crippen LogP contribution in [0.1, 0.15) is 30.6 Å². The van der Waals surface area contributed by atoms with Gasteiger partial charge in [0.2, 0.25) is 0 Å². The Kier molecular flexibility index (Phi) is 3.97. The number of nitrogens with zero attached hydrogens (tertiary/aromatic N) is 2. The third-order valence-corrected chi connectivity index (χ3v) is 2.91. The second-order valence-electron chi connectivity index (χ2n) is 4.36. The molecule has 1 aromatic heterocycles. The predicted molar refractivity (Wildman–Crippen MR) is 70.8 cm³/mol. The lowest BCUT2D eigenvalue weighted by molar-refractivity contribution is 0.0526. The highest BCUT2D eigenvalue weighted by molar-refractivity contribution is 5.94. The van der Waals surface area contributed by atoms with Crippen LogP contribution in [0.15, 0.2) is 30.0 Å². The molecular formula is C14H18N2O2. The number of rotatable bonds is 3. The van der Waals surface area contributed by atoms with Crippen LogP contribution >= 0.6 is 0 Å². The van der Waals surface area contributed by atoms with Crippen molar-refractivity contribution in [1.82, 2.24) is 4.98 Å². The Morgan fingerprint density at radius 1 is 1.56 bits per heavy atom. The maximum Gasteiger partial charge on any atom is 0.341 e. The van der Waals surface area contributed by atoms with Crippen molar-refractivity contribution in [2.45, 2.75) is 20.3 Å². The Morgan fingerprint density at radius 3 is 3.11 bits per heavy atom. The van der Waals surface area contributed by atoms with E-state index in [4.69, 9.17) is 4.74 Å². The topological polar surface area (TPSA) is 42.4 Å². The summed E-state index contributed by atoms with van der Waals surface area (Å²) >= 11 is 0. The van der Waals surface area contributed by atoms with Gasteiger partial charge in [-0.25, -0.2) is 9.78 Å². The first-order valence-electron chi connectivity index (χ1n) is 6.25. The standard InChI is InChI=1S/C14H18N2O2/c1-3-18-14(17)12-7-4-8-15-13(12)16-9-5-6-11(2)10-16/h4,6-8H,3,5,9-10H2,1-2H3. The van der Waals surface area contributed by atoms with Gasteiger partial charge in [-0.15, -0.1) is 0 Å². The first-order valence-corrected chi connectivity index (χ1v) is 6.25. The summed E-state index contributed by atoms with van der Waals surface area (Å²) in [5, 5.41) is 0. The molecule has 4 nitrogen and oxygen atoms in total. The molecule has 0 amide bonds. The quantitative estimate of drug-likeness (QED) is 0.606. The number of hydrogen-bond acceptors (Lipinski definition) is 4. The number of anilines is 1. The van der Waals surface area contributed by atoms with Gasteiger partial charge in [0.15, 0.2) is 0 Å². The molecule has 0 aromatic carbocycles. The molecule has 0 spiro atoms. The lowest BCUT2D eigenvalue weighted by atomic mass is 10.1. The largest absolute Gasteiger partial charge is 0.462 e. The molecule has 1 aliphatic heterocycles. The molecule has 96 valence electrons. The first kappa shape index (κ1) is 12.6. The van der Waals surface area contributed by atoms with Crippen LogP contribution in [0.5, 0.6) is 0 Å². The zero-order valence-corrected chi connectivity index (χ0v) is 10.8. The minimum absolute atomic E-state index is 0.298. The Hall–Kier alpha value is -1.84. The van der Waals surface area contributed by atoms with Gasteiger partial charge in [0, 0.05) is 19.3 Å². The number of ether oxygens (including phenoxy) is 1. The summed E-state index contributed by atoms with van der Waals surface area (Å²) in [6, 6.07) is 3.54. The highest BCUT2D eigenvalue weighted by atomic mass is 16.5. The molecule has 0 aliphatic carbocycles. The van der Waals surface area contributed by atoms with Crippen LogP contribution in [0, 0.1) is 0 Å². The summed E-state index contributed by atoms with van der Waals surface area (Å²) in [5.41, 5.74) is 1.86. The molecule has 0 unspecified atom stereocenters. The van der Waals surface area contributed by atoms with Gasteiger partial charge in [0.05, 0.1) is 6.61 Å². The van der Waals surface area contributed by atoms with Crippen LogP contribution in [0.25, 0.3) is 0 Å². The third kappa shape index (κ3) is 2.70. The molecule has 2 heterocycles. The zero-order valence-electron chi connectivity index (χ0n) is 10.8. The van der Waals surface area contributed by atoms with Gasteiger partial charge in [-0.05, 0) is 32.4 Å². The number of hydrogen-bond donors (Lipinski definition) is 0. The summed E-state index contributed by atoms with van der Waals surface area (Å²) in [5.74, 6) is 0.427. The lowest BCUT2D eigenvalue weighted by Crippen LogP contribution is -2.31. The van der Waals surface area contributed by atoms with Gasteiger partial charge in [-0.3, -0.25) is 0 Å². The summed E-state index contributed by atoms with van der Waals surface area (Å²) in [4.78, 5) is 18.4. The van der Waals surface area contributed by atoms with Crippen molar-refractivity contribution in [1.29, 1.82) is 0 Å². The molecule has 1 aliphatic rings. The maximum absolute atomic E-state index is 11.9. The average molecular weight is 246 g/mol. The molecule has 0 saturated heterocycles. The summed E-state index contributed by atoms with van der Waals surface area (Å²) in [6.45, 7) is 6.00. The van der Waals surface area contributed by atoms with E-state index in [1.807, 2.05) is 6.92 Å². The molecule has 18 heavy (non-hydrogen) atoms. The van der Waals surface area contributed by atoms with Gasteiger partial charge >= 0.3 is 5.97 Å². The fourth-order valence-corrected chi connectivity index (χ4v) is 2.11. The number of pyridine rings is 1. The van der Waals surface area contributed by atoms with E-state index in [1.54, 1.807) is 18.3 Å². The highest BCUT2D eigenvalue weighted by Gasteiger charge is 2.20. The van der Waals surface area contributed by atoms with Crippen LogP contribution in [0.4, 0.5) is 5.82 Å². The van der Waals surface area contributed by atoms with Crippen molar-refractivity contribution in [2.24, 2.45) is 0 Å². The van der Waals surface area contributed by atoms with Gasteiger partial charge in [-0.1, -0.05) is 11.6 Å². The van der Waals surface area contributed by atoms with E-state index < -0.39 is 0 Å². The van der Waals surface area contributed by atoms with Gasteiger partial charge < -0.3 is 9.64 Å². The molecule has 0 bridgehead atoms. The smallest absolute Gasteiger partial charge is 0.341 e. The molecule has 4 heteroatoms. The Balaban J connectivity index is 2.27. The molecule has 2 rings (SSSR count). The maximum atomic E-state index is 11.9. The van der Waals surface area contributed by atoms with E-state index in [0.29, 0.717) is 12.2 Å². The molecule has 0 radical (unpaired) electrons. The third-order valence-electron chi connectivity index (χ3n) is 2.91. The molecule has 0 N–H and O–H groups in total. The van der Waals surface area contributed by atoms with E-state index in [9.17, 15) is 4.79 Å². The number of aromatic nitrogens is 1. The monoisotopic (exact) mass is 246 g/mol. The van der Waals surface area contributed by atoms with Crippen LogP contribution in [-0.2, 0) is 4.74 Å². The minimum atomic E-state index is -0.298. The molecule has 1 aromatic rings. The van der Waals surface area contributed by atoms with Crippen LogP contribution < -0.4 is 4.90 Å². The van der Waals surface area contributed by atoms with Gasteiger partial charge in [0.25, 0.3) is 0 Å². The number of carbonyl (C=O) groups is 1. The summed E-state index contributed by atoms with van der Waals surface area (Å²) in [6.07, 6.45) is 4.93. The molecule has 0 fully saturated rings. The first-order chi connectivity index (χ1) is 8.72. The average Bonchev–Trinajstić information content (AvgIpc) is 2.39. The van der Waals surface area contributed by atoms with Crippen LogP contribution in [0.3, 0.4) is 0 Å². The van der Waals surface area contributed by atoms with Crippen molar-refractivity contribution >= 4 is 11.8 Å². The SMILES string of the molecule is CCOC(=O)c1cccnc1N1CCC=C(C)C1. The minimum Gasteiger partial charge on any atom is -0.462 e. The van der Waals surface area contributed by atoms with Crippen LogP contribution in [-0.4, -0.2) is 30.6 Å². The molecule has 0 atom stereocenters. The van der Waals surface area contributed by atoms with E-state index >= 15 is 0 Å². The highest BCUT2D eigenvalue weighted by Crippen LogP contribution is 2.22. The second-order valence-corrected chi connectivity index (χ2v) is 4.36. The zero-order chi connectivity index (χ0) is 13.0. The predicted octanol–water partition coefficient (Wildman–Crippen LogP) is 2.41. The Bertz CT molecular complexity index is 469. The summed E-state index contributed by atoms with van der Waals surface area (Å²) < 4.78 is 5.07. The fraction of sp³-hybridized carbons (Fsp3) is 0.429.